The van der Waals surface area contributed by atoms with Crippen LogP contribution in [0.5, 0.6) is 0 Å². The first kappa shape index (κ1) is 9.41. The van der Waals surface area contributed by atoms with E-state index in [1.54, 1.807) is 6.08 Å². The Bertz CT molecular complexity index is 105. The number of hydrogen-bond donors (Lipinski definition) is 0. The fraction of sp³-hybridized carbons (Fsp3) is 0.667. The molecule has 0 radical (unpaired) electrons. The van der Waals surface area contributed by atoms with E-state index in [4.69, 9.17) is 0 Å². The van der Waals surface area contributed by atoms with E-state index >= 15 is 0 Å². The number of carbonyl (C=O) groups is 1. The van der Waals surface area contributed by atoms with Gasteiger partial charge in [-0.2, -0.15) is 0 Å². The van der Waals surface area contributed by atoms with Crippen LogP contribution >= 0.6 is 0 Å². The van der Waals surface area contributed by atoms with Gasteiger partial charge in [-0.05, 0) is 18.4 Å². The second-order valence-electron chi connectivity index (χ2n) is 2.64. The fourth-order valence-electron chi connectivity index (χ4n) is 0.857. The van der Waals surface area contributed by atoms with Crippen LogP contribution in [0, 0.1) is 5.92 Å². The average molecular weight is 140 g/mol. The molecular formula is C9H16O. The van der Waals surface area contributed by atoms with Crippen LogP contribution in [0.3, 0.4) is 0 Å². The van der Waals surface area contributed by atoms with Crippen LogP contribution in [0.15, 0.2) is 12.2 Å². The Morgan fingerprint density at radius 3 is 2.70 bits per heavy atom. The Kier molecular flexibility index (Phi) is 6.14. The molecule has 0 aliphatic heterocycles. The lowest BCUT2D eigenvalue weighted by Gasteiger charge is -2.01. The summed E-state index contributed by atoms with van der Waals surface area (Å²) in [6.07, 6.45) is 8.07. The van der Waals surface area contributed by atoms with Crippen molar-refractivity contribution in [3.8, 4) is 0 Å². The average Bonchev–Trinajstić information content (AvgIpc) is 1.97. The summed E-state index contributed by atoms with van der Waals surface area (Å²) in [5.41, 5.74) is 0. The van der Waals surface area contributed by atoms with E-state index < -0.39 is 0 Å². The summed E-state index contributed by atoms with van der Waals surface area (Å²) in [5.74, 6) is 0.560. The molecule has 0 spiro atoms. The maximum Gasteiger partial charge on any atom is 0.142 e. The topological polar surface area (TPSA) is 17.1 Å². The van der Waals surface area contributed by atoms with Crippen molar-refractivity contribution in [3.63, 3.8) is 0 Å². The van der Waals surface area contributed by atoms with E-state index in [1.165, 1.54) is 19.3 Å². The standard InChI is InChI=1S/C9H16O/c1-3-4-6-9(2)7-5-8-10/h5,7-9H,3-4,6H2,1-2H3/b7-5+. The van der Waals surface area contributed by atoms with Crippen molar-refractivity contribution in [2.45, 2.75) is 33.1 Å². The third-order valence-corrected chi connectivity index (χ3v) is 1.53. The maximum absolute atomic E-state index is 9.90. The van der Waals surface area contributed by atoms with Gasteiger partial charge in [0.15, 0.2) is 0 Å². The second-order valence-corrected chi connectivity index (χ2v) is 2.64. The molecule has 0 aliphatic rings. The summed E-state index contributed by atoms with van der Waals surface area (Å²) in [6.45, 7) is 4.31. The third kappa shape index (κ3) is 5.54. The molecule has 10 heavy (non-hydrogen) atoms. The van der Waals surface area contributed by atoms with Crippen molar-refractivity contribution in [2.24, 2.45) is 5.92 Å². The van der Waals surface area contributed by atoms with E-state index in [1.807, 2.05) is 6.08 Å². The van der Waals surface area contributed by atoms with Gasteiger partial charge in [0, 0.05) is 0 Å². The number of rotatable bonds is 5. The van der Waals surface area contributed by atoms with Gasteiger partial charge in [-0.1, -0.05) is 32.8 Å². The molecule has 0 aromatic rings. The number of carbonyl (C=O) groups excluding carboxylic acids is 1. The molecule has 0 fully saturated rings. The lowest BCUT2D eigenvalue weighted by Crippen LogP contribution is -1.88. The lowest BCUT2D eigenvalue weighted by atomic mass is 10.0. The first-order valence-corrected chi connectivity index (χ1v) is 3.93. The highest BCUT2D eigenvalue weighted by atomic mass is 16.1. The normalized spacial score (nSPS) is 13.8. The number of aldehydes is 1. The van der Waals surface area contributed by atoms with Crippen molar-refractivity contribution in [1.82, 2.24) is 0 Å². The molecule has 1 atom stereocenters. The van der Waals surface area contributed by atoms with Gasteiger partial charge in [-0.25, -0.2) is 0 Å². The molecule has 0 amide bonds. The summed E-state index contributed by atoms with van der Waals surface area (Å²) in [5, 5.41) is 0. The molecular weight excluding hydrogens is 124 g/mol. The van der Waals surface area contributed by atoms with Crippen LogP contribution in [0.2, 0.25) is 0 Å². The first-order valence-electron chi connectivity index (χ1n) is 3.93. The molecule has 0 bridgehead atoms. The molecule has 1 heteroatoms. The summed E-state index contributed by atoms with van der Waals surface area (Å²) in [6, 6.07) is 0. The molecule has 0 saturated carbocycles. The predicted molar refractivity (Wildman–Crippen MR) is 43.9 cm³/mol. The zero-order valence-electron chi connectivity index (χ0n) is 6.84. The van der Waals surface area contributed by atoms with Crippen molar-refractivity contribution in [2.75, 3.05) is 0 Å². The van der Waals surface area contributed by atoms with Gasteiger partial charge in [0.2, 0.25) is 0 Å². The van der Waals surface area contributed by atoms with E-state index in [-0.39, 0.29) is 0 Å². The Hall–Kier alpha value is -0.590. The van der Waals surface area contributed by atoms with Crippen LogP contribution in [0.4, 0.5) is 0 Å². The molecule has 0 aliphatic carbocycles. The molecule has 1 unspecified atom stereocenters. The predicted octanol–water partition coefficient (Wildman–Crippen LogP) is 2.57. The quantitative estimate of drug-likeness (QED) is 0.423. The lowest BCUT2D eigenvalue weighted by molar-refractivity contribution is -0.104. The second kappa shape index (κ2) is 6.53. The van der Waals surface area contributed by atoms with Crippen molar-refractivity contribution >= 4 is 6.29 Å². The number of hydrogen-bond acceptors (Lipinski definition) is 1. The Labute approximate surface area is 63.1 Å². The molecule has 0 aromatic carbocycles. The van der Waals surface area contributed by atoms with E-state index in [2.05, 4.69) is 13.8 Å². The van der Waals surface area contributed by atoms with Crippen LogP contribution in [0.1, 0.15) is 33.1 Å². The molecule has 0 aromatic heterocycles. The first-order chi connectivity index (χ1) is 4.81. The van der Waals surface area contributed by atoms with Gasteiger partial charge in [-0.15, -0.1) is 0 Å². The van der Waals surface area contributed by atoms with Gasteiger partial charge in [-0.3, -0.25) is 4.79 Å². The van der Waals surface area contributed by atoms with Crippen LogP contribution in [-0.2, 0) is 4.79 Å². The van der Waals surface area contributed by atoms with Crippen LogP contribution in [0.25, 0.3) is 0 Å². The third-order valence-electron chi connectivity index (χ3n) is 1.53. The van der Waals surface area contributed by atoms with Crippen LogP contribution < -0.4 is 0 Å². The van der Waals surface area contributed by atoms with Crippen LogP contribution in [-0.4, -0.2) is 6.29 Å². The van der Waals surface area contributed by atoms with Gasteiger partial charge in [0.25, 0.3) is 0 Å². The Morgan fingerprint density at radius 1 is 1.50 bits per heavy atom. The summed E-state index contributed by atoms with van der Waals surface area (Å²) in [7, 11) is 0. The molecule has 0 N–H and O–H groups in total. The maximum atomic E-state index is 9.90. The Balaban J connectivity index is 3.32. The van der Waals surface area contributed by atoms with Gasteiger partial charge < -0.3 is 0 Å². The van der Waals surface area contributed by atoms with E-state index in [0.717, 1.165) is 6.29 Å². The minimum atomic E-state index is 0.560. The van der Waals surface area contributed by atoms with E-state index in [9.17, 15) is 4.79 Å². The SMILES string of the molecule is CCCCC(C)/C=C/C=O. The molecule has 0 heterocycles. The van der Waals surface area contributed by atoms with Crippen molar-refractivity contribution in [3.05, 3.63) is 12.2 Å². The molecule has 0 rings (SSSR count). The fourth-order valence-corrected chi connectivity index (χ4v) is 0.857. The molecule has 58 valence electrons. The smallest absolute Gasteiger partial charge is 0.142 e. The molecule has 1 nitrogen and oxygen atoms in total. The van der Waals surface area contributed by atoms with Gasteiger partial charge >= 0.3 is 0 Å². The summed E-state index contributed by atoms with van der Waals surface area (Å²) >= 11 is 0. The van der Waals surface area contributed by atoms with E-state index in [0.29, 0.717) is 5.92 Å². The summed E-state index contributed by atoms with van der Waals surface area (Å²) < 4.78 is 0. The Morgan fingerprint density at radius 2 is 2.20 bits per heavy atom. The van der Waals surface area contributed by atoms with Gasteiger partial charge in [0.05, 0.1) is 0 Å². The number of unbranched alkanes of at least 4 members (excludes halogenated alkanes) is 1. The minimum Gasteiger partial charge on any atom is -0.299 e. The highest BCUT2D eigenvalue weighted by Crippen LogP contribution is 2.07. The summed E-state index contributed by atoms with van der Waals surface area (Å²) in [4.78, 5) is 9.90. The highest BCUT2D eigenvalue weighted by molar-refractivity contribution is 5.64. The highest BCUT2D eigenvalue weighted by Gasteiger charge is 1.93. The van der Waals surface area contributed by atoms with Crippen molar-refractivity contribution < 1.29 is 4.79 Å². The zero-order valence-corrected chi connectivity index (χ0v) is 6.84. The van der Waals surface area contributed by atoms with Gasteiger partial charge in [0.1, 0.15) is 6.29 Å². The minimum absolute atomic E-state index is 0.560. The molecule has 0 saturated heterocycles. The van der Waals surface area contributed by atoms with Crippen molar-refractivity contribution in [1.29, 1.82) is 0 Å². The zero-order chi connectivity index (χ0) is 7.82. The number of allylic oxidation sites excluding steroid dienone is 2. The largest absolute Gasteiger partial charge is 0.299 e. The monoisotopic (exact) mass is 140 g/mol.